The van der Waals surface area contributed by atoms with Crippen LogP contribution in [0.3, 0.4) is 0 Å². The van der Waals surface area contributed by atoms with Gasteiger partial charge in [0, 0.05) is 42.4 Å². The molecular formula is C19H22N2O6S. The van der Waals surface area contributed by atoms with Gasteiger partial charge in [-0.05, 0) is 19.1 Å². The van der Waals surface area contributed by atoms with Crippen LogP contribution in [-0.4, -0.2) is 40.9 Å². The molecular weight excluding hydrogens is 384 g/mol. The predicted octanol–water partition coefficient (Wildman–Crippen LogP) is 2.21. The lowest BCUT2D eigenvalue weighted by atomic mass is 10.2. The van der Waals surface area contributed by atoms with Crippen molar-refractivity contribution in [1.82, 2.24) is 4.72 Å². The molecule has 0 aliphatic carbocycles. The molecule has 2 aromatic rings. The third kappa shape index (κ3) is 5.80. The van der Waals surface area contributed by atoms with Gasteiger partial charge < -0.3 is 14.8 Å². The van der Waals surface area contributed by atoms with Gasteiger partial charge in [0.25, 0.3) is 0 Å². The minimum Gasteiger partial charge on any atom is -0.497 e. The van der Waals surface area contributed by atoms with Gasteiger partial charge in [0.1, 0.15) is 11.5 Å². The number of rotatable bonds is 9. The van der Waals surface area contributed by atoms with E-state index in [1.165, 1.54) is 45.4 Å². The number of ketones is 1. The van der Waals surface area contributed by atoms with Crippen molar-refractivity contribution in [2.24, 2.45) is 0 Å². The van der Waals surface area contributed by atoms with Gasteiger partial charge in [-0.1, -0.05) is 12.1 Å². The van der Waals surface area contributed by atoms with Gasteiger partial charge in [0.2, 0.25) is 15.9 Å². The molecule has 0 aliphatic rings. The summed E-state index contributed by atoms with van der Waals surface area (Å²) in [6.45, 7) is 1.32. The fraction of sp³-hybridized carbons (Fsp3) is 0.263. The van der Waals surface area contributed by atoms with Gasteiger partial charge in [0.15, 0.2) is 5.78 Å². The molecule has 0 atom stereocenters. The molecule has 9 heteroatoms. The Morgan fingerprint density at radius 1 is 0.964 bits per heavy atom. The largest absolute Gasteiger partial charge is 0.497 e. The molecule has 0 unspecified atom stereocenters. The van der Waals surface area contributed by atoms with Crippen molar-refractivity contribution >= 4 is 27.4 Å². The number of anilines is 1. The zero-order valence-corrected chi connectivity index (χ0v) is 16.6. The Morgan fingerprint density at radius 2 is 1.54 bits per heavy atom. The summed E-state index contributed by atoms with van der Waals surface area (Å²) >= 11 is 0. The first-order chi connectivity index (χ1) is 13.2. The number of amides is 1. The molecule has 0 saturated carbocycles. The summed E-state index contributed by atoms with van der Waals surface area (Å²) in [5.41, 5.74) is 0.899. The highest BCUT2D eigenvalue weighted by Crippen LogP contribution is 2.25. The van der Waals surface area contributed by atoms with Crippen LogP contribution < -0.4 is 19.5 Å². The van der Waals surface area contributed by atoms with E-state index in [-0.39, 0.29) is 29.6 Å². The molecule has 2 rings (SSSR count). The second-order valence-electron chi connectivity index (χ2n) is 5.88. The standard InChI is InChI=1S/C19H22N2O6S/c1-13(22)14-4-6-18(7-5-14)28(24,25)20-9-8-19(23)21-15-10-16(26-2)12-17(11-15)27-3/h4-7,10-12,20H,8-9H2,1-3H3,(H,21,23). The van der Waals surface area contributed by atoms with Crippen molar-refractivity contribution in [1.29, 1.82) is 0 Å². The fourth-order valence-electron chi connectivity index (χ4n) is 2.35. The van der Waals surface area contributed by atoms with E-state index in [2.05, 4.69) is 10.0 Å². The maximum Gasteiger partial charge on any atom is 0.240 e. The number of sulfonamides is 1. The first-order valence-corrected chi connectivity index (χ1v) is 9.87. The summed E-state index contributed by atoms with van der Waals surface area (Å²) in [6.07, 6.45) is -0.0652. The van der Waals surface area contributed by atoms with E-state index in [0.29, 0.717) is 22.7 Å². The maximum atomic E-state index is 12.3. The topological polar surface area (TPSA) is 111 Å². The molecule has 28 heavy (non-hydrogen) atoms. The van der Waals surface area contributed by atoms with Crippen LogP contribution in [0.1, 0.15) is 23.7 Å². The number of carbonyl (C=O) groups excluding carboxylic acids is 2. The van der Waals surface area contributed by atoms with E-state index in [9.17, 15) is 18.0 Å². The Labute approximate surface area is 163 Å². The van der Waals surface area contributed by atoms with Gasteiger partial charge in [-0.3, -0.25) is 9.59 Å². The first kappa shape index (κ1) is 21.4. The predicted molar refractivity (Wildman–Crippen MR) is 104 cm³/mol. The number of nitrogens with one attached hydrogen (secondary N) is 2. The number of benzene rings is 2. The zero-order chi connectivity index (χ0) is 20.7. The summed E-state index contributed by atoms with van der Waals surface area (Å²) in [6, 6.07) is 10.5. The van der Waals surface area contributed by atoms with E-state index < -0.39 is 10.0 Å². The van der Waals surface area contributed by atoms with Crippen LogP contribution in [0.4, 0.5) is 5.69 Å². The first-order valence-electron chi connectivity index (χ1n) is 8.39. The van der Waals surface area contributed by atoms with Crippen molar-refractivity contribution in [3.63, 3.8) is 0 Å². The molecule has 0 bridgehead atoms. The SMILES string of the molecule is COc1cc(NC(=O)CCNS(=O)(=O)c2ccc(C(C)=O)cc2)cc(OC)c1. The lowest BCUT2D eigenvalue weighted by Crippen LogP contribution is -2.27. The fourth-order valence-corrected chi connectivity index (χ4v) is 3.39. The van der Waals surface area contributed by atoms with E-state index >= 15 is 0 Å². The van der Waals surface area contributed by atoms with Gasteiger partial charge in [0.05, 0.1) is 19.1 Å². The molecule has 2 aromatic carbocycles. The van der Waals surface area contributed by atoms with Crippen molar-refractivity contribution in [2.75, 3.05) is 26.1 Å². The lowest BCUT2D eigenvalue weighted by molar-refractivity contribution is -0.116. The summed E-state index contributed by atoms with van der Waals surface area (Å²) in [4.78, 5) is 23.4. The Bertz CT molecular complexity index is 933. The average molecular weight is 406 g/mol. The van der Waals surface area contributed by atoms with E-state index in [0.717, 1.165) is 0 Å². The molecule has 0 heterocycles. The molecule has 0 aliphatic heterocycles. The Kier molecular flexibility index (Phi) is 7.13. The lowest BCUT2D eigenvalue weighted by Gasteiger charge is -2.10. The second-order valence-corrected chi connectivity index (χ2v) is 7.64. The highest BCUT2D eigenvalue weighted by Gasteiger charge is 2.15. The summed E-state index contributed by atoms with van der Waals surface area (Å²) in [5, 5.41) is 2.67. The summed E-state index contributed by atoms with van der Waals surface area (Å²) < 4.78 is 37.1. The maximum absolute atomic E-state index is 12.3. The van der Waals surface area contributed by atoms with Crippen molar-refractivity contribution in [3.8, 4) is 11.5 Å². The van der Waals surface area contributed by atoms with Crippen LogP contribution in [-0.2, 0) is 14.8 Å². The van der Waals surface area contributed by atoms with Gasteiger partial charge in [-0.15, -0.1) is 0 Å². The van der Waals surface area contributed by atoms with Gasteiger partial charge in [-0.25, -0.2) is 13.1 Å². The highest BCUT2D eigenvalue weighted by atomic mass is 32.2. The Balaban J connectivity index is 1.93. The van der Waals surface area contributed by atoms with Crippen LogP contribution >= 0.6 is 0 Å². The highest BCUT2D eigenvalue weighted by molar-refractivity contribution is 7.89. The van der Waals surface area contributed by atoms with Crippen LogP contribution in [0.2, 0.25) is 0 Å². The van der Waals surface area contributed by atoms with Crippen molar-refractivity contribution in [2.45, 2.75) is 18.2 Å². The number of ether oxygens (including phenoxy) is 2. The molecule has 8 nitrogen and oxygen atoms in total. The smallest absolute Gasteiger partial charge is 0.240 e. The van der Waals surface area contributed by atoms with E-state index in [4.69, 9.17) is 9.47 Å². The summed E-state index contributed by atoms with van der Waals surface area (Å²) in [7, 11) is -0.778. The molecule has 0 aromatic heterocycles. The zero-order valence-electron chi connectivity index (χ0n) is 15.8. The molecule has 0 fully saturated rings. The number of Topliss-reactive ketones (excluding diaryl/α,β-unsaturated/α-hetero) is 1. The van der Waals surface area contributed by atoms with Crippen LogP contribution in [0.25, 0.3) is 0 Å². The van der Waals surface area contributed by atoms with Gasteiger partial charge in [-0.2, -0.15) is 0 Å². The van der Waals surface area contributed by atoms with Crippen LogP contribution in [0.5, 0.6) is 11.5 Å². The van der Waals surface area contributed by atoms with Crippen LogP contribution in [0, 0.1) is 0 Å². The molecule has 150 valence electrons. The average Bonchev–Trinajstić information content (AvgIpc) is 2.67. The molecule has 2 N–H and O–H groups in total. The van der Waals surface area contributed by atoms with Crippen molar-refractivity contribution < 1.29 is 27.5 Å². The minimum absolute atomic E-state index is 0.0236. The quantitative estimate of drug-likeness (QED) is 0.618. The van der Waals surface area contributed by atoms with Crippen LogP contribution in [0.15, 0.2) is 47.4 Å². The van der Waals surface area contributed by atoms with E-state index in [1.807, 2.05) is 0 Å². The van der Waals surface area contributed by atoms with Gasteiger partial charge >= 0.3 is 0 Å². The third-order valence-electron chi connectivity index (χ3n) is 3.85. The molecule has 0 spiro atoms. The number of carbonyl (C=O) groups is 2. The Morgan fingerprint density at radius 3 is 2.04 bits per heavy atom. The number of methoxy groups -OCH3 is 2. The monoisotopic (exact) mass is 406 g/mol. The molecule has 1 amide bonds. The second kappa shape index (κ2) is 9.34. The summed E-state index contributed by atoms with van der Waals surface area (Å²) in [5.74, 6) is 0.515. The molecule has 0 radical (unpaired) electrons. The van der Waals surface area contributed by atoms with Crippen molar-refractivity contribution in [3.05, 3.63) is 48.0 Å². The molecule has 0 saturated heterocycles. The number of hydrogen-bond acceptors (Lipinski definition) is 6. The minimum atomic E-state index is -3.77. The number of hydrogen-bond donors (Lipinski definition) is 2. The van der Waals surface area contributed by atoms with E-state index in [1.54, 1.807) is 18.2 Å². The third-order valence-corrected chi connectivity index (χ3v) is 5.33. The normalized spacial score (nSPS) is 11.0. The Hall–Kier alpha value is -2.91.